The van der Waals surface area contributed by atoms with Gasteiger partial charge in [-0.1, -0.05) is 0 Å². The van der Waals surface area contributed by atoms with Crippen molar-refractivity contribution in [3.8, 4) is 5.75 Å². The minimum absolute atomic E-state index is 0.0159. The smallest absolute Gasteiger partial charge is 0.269 e. The summed E-state index contributed by atoms with van der Waals surface area (Å²) in [6.45, 7) is 0. The first-order chi connectivity index (χ1) is 16.5. The number of benzene rings is 1. The largest absolute Gasteiger partial charge is 0.508 e. The summed E-state index contributed by atoms with van der Waals surface area (Å²) in [6, 6.07) is 21.4. The van der Waals surface area contributed by atoms with Gasteiger partial charge >= 0.3 is 0 Å². The molecule has 5 heterocycles. The number of non-ortho nitro benzene ring substituents is 1. The number of hydrogen-bond acceptors (Lipinski definition) is 5. The summed E-state index contributed by atoms with van der Waals surface area (Å²) in [4.78, 5) is 25.5. The predicted molar refractivity (Wildman–Crippen MR) is 134 cm³/mol. The van der Waals surface area contributed by atoms with Gasteiger partial charge in [0.25, 0.3) is 5.69 Å². The lowest BCUT2D eigenvalue weighted by molar-refractivity contribution is -0.384. The van der Waals surface area contributed by atoms with Crippen LogP contribution in [0.2, 0.25) is 0 Å². The fraction of sp³-hybridized carbons (Fsp3) is 0. The molecule has 166 valence electrons. The van der Waals surface area contributed by atoms with Crippen LogP contribution in [0.1, 0.15) is 22.8 Å². The van der Waals surface area contributed by atoms with E-state index in [1.165, 1.54) is 24.3 Å². The maximum atomic E-state index is 10.0. The van der Waals surface area contributed by atoms with Gasteiger partial charge in [0.1, 0.15) is 5.75 Å². The van der Waals surface area contributed by atoms with Crippen LogP contribution < -0.4 is 0 Å². The molecule has 3 aromatic heterocycles. The van der Waals surface area contributed by atoms with Gasteiger partial charge in [-0.2, -0.15) is 0 Å². The zero-order valence-electron chi connectivity index (χ0n) is 17.8. The Morgan fingerprint density at radius 3 is 1.47 bits per heavy atom. The van der Waals surface area contributed by atoms with Gasteiger partial charge in [0, 0.05) is 34.2 Å². The number of phenolic OH excluding ortho intramolecular Hbond substituents is 1. The summed E-state index contributed by atoms with van der Waals surface area (Å²) in [5, 5.41) is 18.8. The maximum absolute atomic E-state index is 10.0. The lowest BCUT2D eigenvalue weighted by Gasteiger charge is -1.89. The number of aromatic hydroxyl groups is 1. The second-order valence-corrected chi connectivity index (χ2v) is 7.68. The number of nitrogens with zero attached hydrogens (tertiary/aromatic N) is 3. The molecular weight excluding hydrogens is 430 g/mol. The summed E-state index contributed by atoms with van der Waals surface area (Å²) >= 11 is 0. The van der Waals surface area contributed by atoms with E-state index >= 15 is 0 Å². The van der Waals surface area contributed by atoms with E-state index in [1.807, 2.05) is 42.5 Å². The molecule has 0 atom stereocenters. The number of rotatable bonds is 1. The van der Waals surface area contributed by atoms with Crippen molar-refractivity contribution in [1.29, 1.82) is 0 Å². The molecule has 0 unspecified atom stereocenters. The molecule has 0 spiro atoms. The van der Waals surface area contributed by atoms with Gasteiger partial charge in [-0.05, 0) is 85.0 Å². The Hall–Kier alpha value is -4.98. The van der Waals surface area contributed by atoms with Crippen molar-refractivity contribution in [3.05, 3.63) is 106 Å². The Balaban J connectivity index is 0.000000204. The van der Waals surface area contributed by atoms with Gasteiger partial charge in [-0.15, -0.1) is 0 Å². The second kappa shape index (κ2) is 8.87. The molecule has 0 saturated carbocycles. The Morgan fingerprint density at radius 1 is 0.618 bits per heavy atom. The van der Waals surface area contributed by atoms with Crippen LogP contribution in [0.15, 0.2) is 72.8 Å². The van der Waals surface area contributed by atoms with E-state index in [0.29, 0.717) is 0 Å². The average molecular weight is 449 g/mol. The van der Waals surface area contributed by atoms with E-state index in [1.54, 1.807) is 0 Å². The summed E-state index contributed by atoms with van der Waals surface area (Å²) in [7, 11) is 0. The highest BCUT2D eigenvalue weighted by Gasteiger charge is 2.03. The number of aromatic amines is 2. The van der Waals surface area contributed by atoms with Gasteiger partial charge in [-0.3, -0.25) is 10.1 Å². The first kappa shape index (κ1) is 20.9. The lowest BCUT2D eigenvalue weighted by atomic mass is 10.3. The molecule has 0 fully saturated rings. The second-order valence-electron chi connectivity index (χ2n) is 7.68. The third kappa shape index (κ3) is 4.91. The molecular formula is C26H19N5O3. The SMILES string of the molecule is C1=Cc2cc3ccc(cc4ccc(cc5nc(cc1n2)C=C5)[nH]4)[nH]3.O=[N+]([O-])c1ccc(O)cc1. The summed E-state index contributed by atoms with van der Waals surface area (Å²) in [5.74, 6) is 0.0330. The number of H-pyrrole nitrogens is 2. The summed E-state index contributed by atoms with van der Waals surface area (Å²) < 4.78 is 0. The fourth-order valence-electron chi connectivity index (χ4n) is 3.52. The minimum atomic E-state index is -0.514. The number of nitro benzene ring substituents is 1. The molecule has 34 heavy (non-hydrogen) atoms. The number of hydrogen-bond donors (Lipinski definition) is 3. The number of phenols is 1. The highest BCUT2D eigenvalue weighted by atomic mass is 16.6. The van der Waals surface area contributed by atoms with Gasteiger partial charge < -0.3 is 15.1 Å². The van der Waals surface area contributed by atoms with Crippen molar-refractivity contribution < 1.29 is 10.0 Å². The highest BCUT2D eigenvalue weighted by Crippen LogP contribution is 2.17. The molecule has 8 heteroatoms. The molecule has 0 aliphatic carbocycles. The van der Waals surface area contributed by atoms with Gasteiger partial charge in [0.05, 0.1) is 27.7 Å². The molecule has 2 aliphatic rings. The Bertz CT molecular complexity index is 1510. The predicted octanol–water partition coefficient (Wildman–Crippen LogP) is 5.96. The number of nitro groups is 1. The number of aromatic nitrogens is 4. The van der Waals surface area contributed by atoms with Crippen LogP contribution in [0.3, 0.4) is 0 Å². The van der Waals surface area contributed by atoms with Gasteiger partial charge in [0.2, 0.25) is 0 Å². The summed E-state index contributed by atoms with van der Waals surface area (Å²) in [6.07, 6.45) is 8.05. The molecule has 4 aromatic rings. The fourth-order valence-corrected chi connectivity index (χ4v) is 3.52. The lowest BCUT2D eigenvalue weighted by Crippen LogP contribution is -1.85. The topological polar surface area (TPSA) is 121 Å². The molecule has 8 nitrogen and oxygen atoms in total. The first-order valence-corrected chi connectivity index (χ1v) is 10.5. The van der Waals surface area contributed by atoms with E-state index < -0.39 is 4.92 Å². The minimum Gasteiger partial charge on any atom is -0.508 e. The van der Waals surface area contributed by atoms with Gasteiger partial charge in [0.15, 0.2) is 0 Å². The average Bonchev–Trinajstić information content (AvgIpc) is 3.60. The van der Waals surface area contributed by atoms with E-state index in [2.05, 4.69) is 50.3 Å². The van der Waals surface area contributed by atoms with Crippen LogP contribution in [0, 0.1) is 10.1 Å². The molecule has 0 saturated heterocycles. The zero-order valence-corrected chi connectivity index (χ0v) is 17.8. The summed E-state index contributed by atoms with van der Waals surface area (Å²) in [5.41, 5.74) is 7.84. The van der Waals surface area contributed by atoms with Gasteiger partial charge in [-0.25, -0.2) is 9.97 Å². The quantitative estimate of drug-likeness (QED) is 0.211. The third-order valence-electron chi connectivity index (χ3n) is 5.10. The van der Waals surface area contributed by atoms with Crippen molar-refractivity contribution in [2.75, 3.05) is 0 Å². The van der Waals surface area contributed by atoms with Crippen LogP contribution >= 0.6 is 0 Å². The first-order valence-electron chi connectivity index (χ1n) is 10.5. The molecule has 1 aromatic carbocycles. The molecule has 0 amide bonds. The standard InChI is InChI=1S/C20H14N4.C6H5NO3/c1-2-14-10-16-5-6-18(23-16)12-20-8-7-19(24-20)11-17-4-3-15(22-17)9-13(1)21-14;8-6-3-1-5(2-4-6)7(9)10/h1-12,21-22H;1-4,8H. The number of nitrogens with one attached hydrogen (secondary N) is 2. The molecule has 2 aliphatic heterocycles. The Kier molecular flexibility index (Phi) is 5.45. The zero-order chi connectivity index (χ0) is 23.5. The highest BCUT2D eigenvalue weighted by molar-refractivity contribution is 5.77. The number of fused-ring (bicyclic) bond motifs is 8. The molecule has 0 radical (unpaired) electrons. The van der Waals surface area contributed by atoms with Crippen LogP contribution in [-0.4, -0.2) is 30.0 Å². The normalized spacial score (nSPS) is 11.6. The van der Waals surface area contributed by atoms with Crippen LogP contribution in [0.25, 0.3) is 46.4 Å². The van der Waals surface area contributed by atoms with Crippen molar-refractivity contribution in [2.24, 2.45) is 0 Å². The van der Waals surface area contributed by atoms with Crippen molar-refractivity contribution in [3.63, 3.8) is 0 Å². The Morgan fingerprint density at radius 2 is 1.03 bits per heavy atom. The van der Waals surface area contributed by atoms with Crippen molar-refractivity contribution in [1.82, 2.24) is 19.9 Å². The molecule has 6 rings (SSSR count). The maximum Gasteiger partial charge on any atom is 0.269 e. The van der Waals surface area contributed by atoms with Crippen molar-refractivity contribution >= 4 is 52.1 Å². The van der Waals surface area contributed by atoms with E-state index in [9.17, 15) is 10.1 Å². The van der Waals surface area contributed by atoms with E-state index in [0.717, 1.165) is 44.8 Å². The van der Waals surface area contributed by atoms with E-state index in [4.69, 9.17) is 5.11 Å². The molecule has 3 N–H and O–H groups in total. The van der Waals surface area contributed by atoms with Crippen molar-refractivity contribution in [2.45, 2.75) is 0 Å². The monoisotopic (exact) mass is 449 g/mol. The molecule has 8 bridgehead atoms. The van der Waals surface area contributed by atoms with E-state index in [-0.39, 0.29) is 11.4 Å². The van der Waals surface area contributed by atoms with Crippen LogP contribution in [0.4, 0.5) is 5.69 Å². The van der Waals surface area contributed by atoms with Crippen LogP contribution in [0.5, 0.6) is 5.75 Å². The van der Waals surface area contributed by atoms with Crippen LogP contribution in [-0.2, 0) is 0 Å². The third-order valence-corrected chi connectivity index (χ3v) is 5.10. The Labute approximate surface area is 193 Å².